The molecule has 0 bridgehead atoms. The van der Waals surface area contributed by atoms with Crippen molar-refractivity contribution in [1.29, 1.82) is 0 Å². The Morgan fingerprint density at radius 2 is 1.62 bits per heavy atom. The number of imidazole rings is 1. The minimum atomic E-state index is 0.0584. The van der Waals surface area contributed by atoms with Crippen LogP contribution in [-0.4, -0.2) is 20.5 Å². The lowest BCUT2D eigenvalue weighted by Gasteiger charge is -2.12. The summed E-state index contributed by atoms with van der Waals surface area (Å²) >= 11 is 0. The van der Waals surface area contributed by atoms with Gasteiger partial charge in [-0.3, -0.25) is 0 Å². The second kappa shape index (κ2) is 4.45. The average molecular weight is 277 g/mol. The van der Waals surface area contributed by atoms with Gasteiger partial charge in [-0.15, -0.1) is 0 Å². The lowest BCUT2D eigenvalue weighted by atomic mass is 10.2. The van der Waals surface area contributed by atoms with Crippen LogP contribution in [0, 0.1) is 0 Å². The molecule has 0 aliphatic carbocycles. The monoisotopic (exact) mass is 277 g/mol. The molecular formula is C17H15N3O. The van der Waals surface area contributed by atoms with Crippen LogP contribution in [0.4, 0.5) is 0 Å². The molecule has 0 saturated carbocycles. The van der Waals surface area contributed by atoms with E-state index in [4.69, 9.17) is 9.72 Å². The summed E-state index contributed by atoms with van der Waals surface area (Å²) < 4.78 is 7.91. The largest absolute Gasteiger partial charge is 0.462 e. The molecule has 0 fully saturated rings. The summed E-state index contributed by atoms with van der Waals surface area (Å²) in [4.78, 5) is 9.42. The predicted octanol–water partition coefficient (Wildman–Crippen LogP) is 3.82. The van der Waals surface area contributed by atoms with Crippen LogP contribution in [-0.2, 0) is 0 Å². The summed E-state index contributed by atoms with van der Waals surface area (Å²) in [6.45, 7) is 4.00. The molecule has 0 atom stereocenters. The Kier molecular flexibility index (Phi) is 2.57. The van der Waals surface area contributed by atoms with Gasteiger partial charge in [0.05, 0.1) is 22.7 Å². The molecule has 2 heterocycles. The number of para-hydroxylation sites is 3. The molecule has 4 rings (SSSR count). The average Bonchev–Trinajstić information content (AvgIpc) is 2.86. The van der Waals surface area contributed by atoms with Crippen molar-refractivity contribution in [3.8, 4) is 6.01 Å². The standard InChI is InChI=1S/C17H15N3O/c1-11(2)21-17-19-13-8-4-3-7-12(13)16-18-14-9-5-6-10-15(14)20(16)17/h3-11H,1-2H3. The Labute approximate surface area is 122 Å². The molecule has 0 aliphatic rings. The molecule has 4 heteroatoms. The molecule has 0 aliphatic heterocycles. The van der Waals surface area contributed by atoms with Crippen LogP contribution in [0.2, 0.25) is 0 Å². The second-order valence-electron chi connectivity index (χ2n) is 5.34. The molecule has 0 amide bonds. The van der Waals surface area contributed by atoms with Gasteiger partial charge >= 0.3 is 6.01 Å². The van der Waals surface area contributed by atoms with Crippen LogP contribution in [0.5, 0.6) is 6.01 Å². The Bertz CT molecular complexity index is 956. The number of nitrogens with zero attached hydrogens (tertiary/aromatic N) is 3. The van der Waals surface area contributed by atoms with Crippen molar-refractivity contribution in [2.24, 2.45) is 0 Å². The summed E-state index contributed by atoms with van der Waals surface area (Å²) in [7, 11) is 0. The van der Waals surface area contributed by atoms with Crippen molar-refractivity contribution >= 4 is 27.6 Å². The minimum absolute atomic E-state index is 0.0584. The van der Waals surface area contributed by atoms with Crippen molar-refractivity contribution in [2.45, 2.75) is 20.0 Å². The zero-order valence-electron chi connectivity index (χ0n) is 11.9. The molecule has 2 aromatic carbocycles. The molecule has 4 aromatic rings. The SMILES string of the molecule is CC(C)Oc1nc2ccccc2c2nc3ccccc3n12. The second-order valence-corrected chi connectivity index (χ2v) is 5.34. The van der Waals surface area contributed by atoms with Gasteiger partial charge in [0.25, 0.3) is 0 Å². The van der Waals surface area contributed by atoms with Crippen LogP contribution in [0.15, 0.2) is 48.5 Å². The normalized spacial score (nSPS) is 11.8. The van der Waals surface area contributed by atoms with E-state index in [1.54, 1.807) is 0 Å². The van der Waals surface area contributed by atoms with E-state index in [2.05, 4.69) is 4.98 Å². The zero-order valence-corrected chi connectivity index (χ0v) is 11.9. The maximum Gasteiger partial charge on any atom is 0.303 e. The number of aromatic nitrogens is 3. The van der Waals surface area contributed by atoms with Crippen LogP contribution in [0.3, 0.4) is 0 Å². The molecule has 0 radical (unpaired) electrons. The lowest BCUT2D eigenvalue weighted by molar-refractivity contribution is 0.221. The third-order valence-corrected chi connectivity index (χ3v) is 3.45. The molecule has 0 spiro atoms. The fraction of sp³-hybridized carbons (Fsp3) is 0.176. The summed E-state index contributed by atoms with van der Waals surface area (Å²) in [6.07, 6.45) is 0.0584. The summed E-state index contributed by atoms with van der Waals surface area (Å²) in [6, 6.07) is 16.7. The van der Waals surface area contributed by atoms with E-state index in [0.717, 1.165) is 27.6 Å². The molecule has 21 heavy (non-hydrogen) atoms. The quantitative estimate of drug-likeness (QED) is 0.559. The van der Waals surface area contributed by atoms with Gasteiger partial charge in [-0.05, 0) is 38.1 Å². The fourth-order valence-electron chi connectivity index (χ4n) is 2.60. The van der Waals surface area contributed by atoms with E-state index in [0.29, 0.717) is 6.01 Å². The van der Waals surface area contributed by atoms with Gasteiger partial charge in [0.1, 0.15) is 0 Å². The smallest absolute Gasteiger partial charge is 0.303 e. The highest BCUT2D eigenvalue weighted by atomic mass is 16.5. The first-order valence-corrected chi connectivity index (χ1v) is 7.06. The Balaban J connectivity index is 2.21. The first-order chi connectivity index (χ1) is 10.2. The maximum absolute atomic E-state index is 5.91. The van der Waals surface area contributed by atoms with E-state index in [-0.39, 0.29) is 6.10 Å². The molecule has 0 saturated heterocycles. The number of hydrogen-bond donors (Lipinski definition) is 0. The van der Waals surface area contributed by atoms with E-state index in [1.807, 2.05) is 66.8 Å². The molecule has 0 N–H and O–H groups in total. The van der Waals surface area contributed by atoms with E-state index in [9.17, 15) is 0 Å². The van der Waals surface area contributed by atoms with Gasteiger partial charge in [-0.1, -0.05) is 24.3 Å². The van der Waals surface area contributed by atoms with Crippen LogP contribution in [0.25, 0.3) is 27.6 Å². The highest BCUT2D eigenvalue weighted by molar-refractivity contribution is 5.96. The van der Waals surface area contributed by atoms with Gasteiger partial charge in [-0.2, -0.15) is 4.98 Å². The maximum atomic E-state index is 5.91. The van der Waals surface area contributed by atoms with Crippen molar-refractivity contribution in [3.63, 3.8) is 0 Å². The third-order valence-electron chi connectivity index (χ3n) is 3.45. The number of ether oxygens (including phenoxy) is 1. The first-order valence-electron chi connectivity index (χ1n) is 7.06. The summed E-state index contributed by atoms with van der Waals surface area (Å²) in [5.41, 5.74) is 3.75. The van der Waals surface area contributed by atoms with Crippen molar-refractivity contribution in [1.82, 2.24) is 14.4 Å². The van der Waals surface area contributed by atoms with Crippen LogP contribution in [0.1, 0.15) is 13.8 Å². The molecule has 2 aromatic heterocycles. The van der Waals surface area contributed by atoms with Crippen LogP contribution >= 0.6 is 0 Å². The highest BCUT2D eigenvalue weighted by Gasteiger charge is 2.15. The number of fused-ring (bicyclic) bond motifs is 5. The summed E-state index contributed by atoms with van der Waals surface area (Å²) in [5.74, 6) is 0. The van der Waals surface area contributed by atoms with E-state index < -0.39 is 0 Å². The number of hydrogen-bond acceptors (Lipinski definition) is 3. The van der Waals surface area contributed by atoms with Gasteiger partial charge in [0.15, 0.2) is 5.65 Å². The summed E-state index contributed by atoms with van der Waals surface area (Å²) in [5, 5.41) is 1.03. The lowest BCUT2D eigenvalue weighted by Crippen LogP contribution is -2.10. The van der Waals surface area contributed by atoms with E-state index >= 15 is 0 Å². The minimum Gasteiger partial charge on any atom is -0.462 e. The number of rotatable bonds is 2. The van der Waals surface area contributed by atoms with E-state index in [1.165, 1.54) is 0 Å². The molecular weight excluding hydrogens is 262 g/mol. The third kappa shape index (κ3) is 1.83. The van der Waals surface area contributed by atoms with Gasteiger partial charge in [0.2, 0.25) is 0 Å². The first kappa shape index (κ1) is 12.1. The van der Waals surface area contributed by atoms with Gasteiger partial charge < -0.3 is 4.74 Å². The Morgan fingerprint density at radius 1 is 0.905 bits per heavy atom. The van der Waals surface area contributed by atoms with Gasteiger partial charge in [-0.25, -0.2) is 9.38 Å². The topological polar surface area (TPSA) is 39.4 Å². The van der Waals surface area contributed by atoms with Crippen molar-refractivity contribution in [3.05, 3.63) is 48.5 Å². The predicted molar refractivity (Wildman–Crippen MR) is 83.8 cm³/mol. The molecule has 4 nitrogen and oxygen atoms in total. The molecule has 104 valence electrons. The molecule has 0 unspecified atom stereocenters. The number of benzene rings is 2. The highest BCUT2D eigenvalue weighted by Crippen LogP contribution is 2.27. The zero-order chi connectivity index (χ0) is 14.4. The van der Waals surface area contributed by atoms with Crippen molar-refractivity contribution in [2.75, 3.05) is 0 Å². The Morgan fingerprint density at radius 3 is 2.43 bits per heavy atom. The van der Waals surface area contributed by atoms with Gasteiger partial charge in [0, 0.05) is 5.39 Å². The fourth-order valence-corrected chi connectivity index (χ4v) is 2.60. The van der Waals surface area contributed by atoms with Crippen molar-refractivity contribution < 1.29 is 4.74 Å². The van der Waals surface area contributed by atoms with Crippen LogP contribution < -0.4 is 4.74 Å². The Hall–Kier alpha value is -2.62.